The van der Waals surface area contributed by atoms with Gasteiger partial charge in [-0.2, -0.15) is 0 Å². The molecule has 1 aromatic carbocycles. The Labute approximate surface area is 123 Å². The summed E-state index contributed by atoms with van der Waals surface area (Å²) in [6, 6.07) is 5.79. The molecule has 0 aliphatic heterocycles. The Morgan fingerprint density at radius 1 is 1.24 bits per heavy atom. The number of carbonyl (C=O) groups is 2. The summed E-state index contributed by atoms with van der Waals surface area (Å²) in [4.78, 5) is 23.7. The third kappa shape index (κ3) is 5.81. The fourth-order valence-electron chi connectivity index (χ4n) is 1.96. The van der Waals surface area contributed by atoms with Crippen LogP contribution in [-0.4, -0.2) is 30.2 Å². The highest BCUT2D eigenvalue weighted by molar-refractivity contribution is 5.91. The Morgan fingerprint density at radius 2 is 1.95 bits per heavy atom. The van der Waals surface area contributed by atoms with Crippen molar-refractivity contribution in [2.24, 2.45) is 0 Å². The van der Waals surface area contributed by atoms with Crippen molar-refractivity contribution in [2.45, 2.75) is 32.6 Å². The quantitative estimate of drug-likeness (QED) is 0.724. The lowest BCUT2D eigenvalue weighted by Crippen LogP contribution is -2.40. The molecular weight excluding hydrogens is 275 g/mol. The van der Waals surface area contributed by atoms with E-state index in [1.54, 1.807) is 25.1 Å². The maximum absolute atomic E-state index is 13.7. The van der Waals surface area contributed by atoms with E-state index < -0.39 is 11.8 Å². The average molecular weight is 296 g/mol. The standard InChI is InChI=1S/C15H21FN2O3/c1-2-18(13-9-6-5-8-12(13)16)15(21)17-11-7-3-4-10-14(19)20/h5-6,8-9H,2-4,7,10-11H2,1H3,(H,17,21)(H,19,20). The van der Waals surface area contributed by atoms with Crippen LogP contribution in [0.25, 0.3) is 0 Å². The number of rotatable bonds is 8. The van der Waals surface area contributed by atoms with E-state index in [2.05, 4.69) is 5.32 Å². The number of carboxylic acid groups (broad SMARTS) is 1. The number of halogens is 1. The molecule has 2 N–H and O–H groups in total. The first-order valence-electron chi connectivity index (χ1n) is 7.08. The van der Waals surface area contributed by atoms with Crippen molar-refractivity contribution in [3.8, 4) is 0 Å². The normalized spacial score (nSPS) is 10.2. The molecule has 21 heavy (non-hydrogen) atoms. The summed E-state index contributed by atoms with van der Waals surface area (Å²) in [7, 11) is 0. The van der Waals surface area contributed by atoms with Crippen LogP contribution in [-0.2, 0) is 4.79 Å². The van der Waals surface area contributed by atoms with Gasteiger partial charge < -0.3 is 10.4 Å². The SMILES string of the molecule is CCN(C(=O)NCCCCCC(=O)O)c1ccccc1F. The Kier molecular flexibility index (Phi) is 7.21. The molecule has 5 nitrogen and oxygen atoms in total. The van der Waals surface area contributed by atoms with Crippen molar-refractivity contribution < 1.29 is 19.1 Å². The molecule has 2 amide bonds. The van der Waals surface area contributed by atoms with Gasteiger partial charge in [-0.05, 0) is 31.9 Å². The molecule has 1 aromatic rings. The lowest BCUT2D eigenvalue weighted by atomic mass is 10.2. The van der Waals surface area contributed by atoms with Crippen LogP contribution < -0.4 is 10.2 Å². The van der Waals surface area contributed by atoms with E-state index in [1.165, 1.54) is 11.0 Å². The van der Waals surface area contributed by atoms with E-state index >= 15 is 0 Å². The molecule has 0 heterocycles. The van der Waals surface area contributed by atoms with Gasteiger partial charge in [0.25, 0.3) is 0 Å². The molecule has 116 valence electrons. The number of amides is 2. The fourth-order valence-corrected chi connectivity index (χ4v) is 1.96. The minimum atomic E-state index is -0.809. The zero-order valence-electron chi connectivity index (χ0n) is 12.1. The zero-order valence-corrected chi connectivity index (χ0v) is 12.1. The number of para-hydroxylation sites is 1. The van der Waals surface area contributed by atoms with Gasteiger partial charge in [-0.1, -0.05) is 18.6 Å². The molecule has 0 aliphatic carbocycles. The maximum Gasteiger partial charge on any atom is 0.321 e. The van der Waals surface area contributed by atoms with Gasteiger partial charge in [0.05, 0.1) is 5.69 Å². The average Bonchev–Trinajstić information content (AvgIpc) is 2.45. The van der Waals surface area contributed by atoms with Gasteiger partial charge >= 0.3 is 12.0 Å². The molecule has 6 heteroatoms. The predicted octanol–water partition coefficient (Wildman–Crippen LogP) is 3.01. The van der Waals surface area contributed by atoms with Crippen LogP contribution in [0, 0.1) is 5.82 Å². The Balaban J connectivity index is 2.39. The first-order valence-corrected chi connectivity index (χ1v) is 7.08. The van der Waals surface area contributed by atoms with E-state index in [0.717, 1.165) is 6.42 Å². The molecule has 1 rings (SSSR count). The number of urea groups is 1. The summed E-state index contributed by atoms with van der Waals surface area (Å²) >= 11 is 0. The molecular formula is C15H21FN2O3. The van der Waals surface area contributed by atoms with Gasteiger partial charge in [0.1, 0.15) is 5.82 Å². The van der Waals surface area contributed by atoms with Crippen LogP contribution in [0.3, 0.4) is 0 Å². The number of anilines is 1. The number of unbranched alkanes of at least 4 members (excludes halogenated alkanes) is 2. The number of aliphatic carboxylic acids is 1. The van der Waals surface area contributed by atoms with Gasteiger partial charge in [-0.15, -0.1) is 0 Å². The van der Waals surface area contributed by atoms with E-state index in [-0.39, 0.29) is 18.1 Å². The molecule has 0 bridgehead atoms. The third-order valence-corrected chi connectivity index (χ3v) is 3.05. The third-order valence-electron chi connectivity index (χ3n) is 3.05. The summed E-state index contributed by atoms with van der Waals surface area (Å²) in [6.07, 6.45) is 2.17. The summed E-state index contributed by atoms with van der Waals surface area (Å²) in [5.41, 5.74) is 0.253. The first-order chi connectivity index (χ1) is 10.1. The van der Waals surface area contributed by atoms with Crippen LogP contribution in [0.1, 0.15) is 32.6 Å². The second kappa shape index (κ2) is 8.94. The summed E-state index contributed by atoms with van der Waals surface area (Å²) in [6.45, 7) is 2.59. The topological polar surface area (TPSA) is 69.6 Å². The lowest BCUT2D eigenvalue weighted by Gasteiger charge is -2.22. The predicted molar refractivity (Wildman–Crippen MR) is 78.9 cm³/mol. The van der Waals surface area contributed by atoms with Crippen LogP contribution in [0.5, 0.6) is 0 Å². The van der Waals surface area contributed by atoms with E-state index in [4.69, 9.17) is 5.11 Å². The van der Waals surface area contributed by atoms with Crippen molar-refractivity contribution in [2.75, 3.05) is 18.0 Å². The first kappa shape index (κ1) is 16.9. The highest BCUT2D eigenvalue weighted by Gasteiger charge is 2.16. The van der Waals surface area contributed by atoms with Gasteiger partial charge in [-0.25, -0.2) is 9.18 Å². The van der Waals surface area contributed by atoms with Crippen molar-refractivity contribution in [1.82, 2.24) is 5.32 Å². The van der Waals surface area contributed by atoms with E-state index in [9.17, 15) is 14.0 Å². The number of benzene rings is 1. The van der Waals surface area contributed by atoms with Crippen molar-refractivity contribution >= 4 is 17.7 Å². The number of hydrogen-bond acceptors (Lipinski definition) is 2. The maximum atomic E-state index is 13.7. The van der Waals surface area contributed by atoms with Crippen molar-refractivity contribution in [1.29, 1.82) is 0 Å². The van der Waals surface area contributed by atoms with E-state index in [0.29, 0.717) is 25.9 Å². The highest BCUT2D eigenvalue weighted by Crippen LogP contribution is 2.18. The van der Waals surface area contributed by atoms with Gasteiger partial charge in [0, 0.05) is 19.5 Å². The Hall–Kier alpha value is -2.11. The van der Waals surface area contributed by atoms with Crippen LogP contribution in [0.2, 0.25) is 0 Å². The monoisotopic (exact) mass is 296 g/mol. The lowest BCUT2D eigenvalue weighted by molar-refractivity contribution is -0.137. The number of carboxylic acids is 1. The molecule has 0 fully saturated rings. The summed E-state index contributed by atoms with van der Waals surface area (Å²) < 4.78 is 13.7. The van der Waals surface area contributed by atoms with Crippen LogP contribution >= 0.6 is 0 Å². The molecule has 0 saturated heterocycles. The molecule has 0 unspecified atom stereocenters. The summed E-state index contributed by atoms with van der Waals surface area (Å²) in [5.74, 6) is -1.24. The molecule has 0 atom stereocenters. The minimum absolute atomic E-state index is 0.143. The van der Waals surface area contributed by atoms with Gasteiger partial charge in [0.2, 0.25) is 0 Å². The van der Waals surface area contributed by atoms with Gasteiger partial charge in [0.15, 0.2) is 0 Å². The molecule has 0 aliphatic rings. The minimum Gasteiger partial charge on any atom is -0.481 e. The second-order valence-corrected chi connectivity index (χ2v) is 4.63. The van der Waals surface area contributed by atoms with Gasteiger partial charge in [-0.3, -0.25) is 9.69 Å². The molecule has 0 spiro atoms. The van der Waals surface area contributed by atoms with Crippen LogP contribution in [0.15, 0.2) is 24.3 Å². The van der Waals surface area contributed by atoms with Crippen molar-refractivity contribution in [3.63, 3.8) is 0 Å². The Morgan fingerprint density at radius 3 is 2.57 bits per heavy atom. The largest absolute Gasteiger partial charge is 0.481 e. The number of carbonyl (C=O) groups excluding carboxylic acids is 1. The summed E-state index contributed by atoms with van der Waals surface area (Å²) in [5, 5.41) is 11.2. The number of nitrogens with zero attached hydrogens (tertiary/aromatic N) is 1. The molecule has 0 radical (unpaired) electrons. The zero-order chi connectivity index (χ0) is 15.7. The second-order valence-electron chi connectivity index (χ2n) is 4.63. The number of hydrogen-bond donors (Lipinski definition) is 2. The number of nitrogens with one attached hydrogen (secondary N) is 1. The smallest absolute Gasteiger partial charge is 0.321 e. The molecule has 0 aromatic heterocycles. The van der Waals surface area contributed by atoms with Crippen LogP contribution in [0.4, 0.5) is 14.9 Å². The van der Waals surface area contributed by atoms with E-state index in [1.807, 2.05) is 0 Å². The highest BCUT2D eigenvalue weighted by atomic mass is 19.1. The fraction of sp³-hybridized carbons (Fsp3) is 0.467. The molecule has 0 saturated carbocycles. The Bertz CT molecular complexity index is 480. The van der Waals surface area contributed by atoms with Crippen molar-refractivity contribution in [3.05, 3.63) is 30.1 Å².